The molecule has 0 N–H and O–H groups in total. The Bertz CT molecular complexity index is 958. The van der Waals surface area contributed by atoms with Crippen LogP contribution in [0.4, 0.5) is 0 Å². The van der Waals surface area contributed by atoms with Crippen LogP contribution in [0.15, 0.2) is 45.4 Å². The minimum Gasteiger partial charge on any atom is -0.490 e. The summed E-state index contributed by atoms with van der Waals surface area (Å²) in [6.07, 6.45) is -0.00698. The Labute approximate surface area is 154 Å². The quantitative estimate of drug-likeness (QED) is 0.609. The summed E-state index contributed by atoms with van der Waals surface area (Å²) in [5.74, 6) is 1.42. The van der Waals surface area contributed by atoms with Gasteiger partial charge in [0.2, 0.25) is 5.82 Å². The van der Waals surface area contributed by atoms with E-state index in [4.69, 9.17) is 9.26 Å². The van der Waals surface area contributed by atoms with Crippen LogP contribution in [-0.2, 0) is 0 Å². The van der Waals surface area contributed by atoms with E-state index in [0.29, 0.717) is 28.6 Å². The van der Waals surface area contributed by atoms with Gasteiger partial charge in [0.05, 0.1) is 11.7 Å². The second-order valence-electron chi connectivity index (χ2n) is 5.82. The summed E-state index contributed by atoms with van der Waals surface area (Å²) in [7, 11) is 0. The van der Waals surface area contributed by atoms with Crippen molar-refractivity contribution in [3.05, 3.63) is 52.0 Å². The van der Waals surface area contributed by atoms with Crippen LogP contribution in [0.5, 0.6) is 5.75 Å². The Morgan fingerprint density at radius 3 is 2.76 bits per heavy atom. The molecule has 1 aromatic heterocycles. The predicted molar refractivity (Wildman–Crippen MR) is 98.1 cm³/mol. The highest BCUT2D eigenvalue weighted by atomic mass is 79.9. The van der Waals surface area contributed by atoms with Gasteiger partial charge in [0.15, 0.2) is 0 Å². The van der Waals surface area contributed by atoms with Gasteiger partial charge in [0.1, 0.15) is 11.8 Å². The predicted octanol–water partition coefficient (Wildman–Crippen LogP) is 5.13. The molecule has 0 bridgehead atoms. The molecule has 0 spiro atoms. The van der Waals surface area contributed by atoms with Crippen LogP contribution in [0.2, 0.25) is 0 Å². The summed E-state index contributed by atoms with van der Waals surface area (Å²) < 4.78 is 12.0. The fourth-order valence-corrected chi connectivity index (χ4v) is 2.77. The monoisotopic (exact) mass is 397 g/mol. The molecule has 0 saturated heterocycles. The third-order valence-corrected chi connectivity index (χ3v) is 4.50. The van der Waals surface area contributed by atoms with Crippen molar-refractivity contribution in [3.8, 4) is 34.7 Å². The summed E-state index contributed by atoms with van der Waals surface area (Å²) in [4.78, 5) is 4.47. The topological polar surface area (TPSA) is 71.9 Å². The molecule has 0 atom stereocenters. The third-order valence-electron chi connectivity index (χ3n) is 3.64. The van der Waals surface area contributed by atoms with Crippen molar-refractivity contribution in [2.24, 2.45) is 0 Å². The van der Waals surface area contributed by atoms with Crippen molar-refractivity contribution in [1.82, 2.24) is 10.1 Å². The number of hydrogen-bond acceptors (Lipinski definition) is 5. The van der Waals surface area contributed by atoms with E-state index >= 15 is 0 Å². The lowest BCUT2D eigenvalue weighted by atomic mass is 10.1. The Morgan fingerprint density at radius 2 is 2.04 bits per heavy atom. The SMILES string of the molecule is Cc1c(Br)cccc1-c1noc(-c2ccc(OC(C)C)c(C#N)c2)n1. The van der Waals surface area contributed by atoms with Crippen LogP contribution >= 0.6 is 15.9 Å². The fraction of sp³-hybridized carbons (Fsp3) is 0.211. The lowest BCUT2D eigenvalue weighted by molar-refractivity contribution is 0.242. The smallest absolute Gasteiger partial charge is 0.258 e. The summed E-state index contributed by atoms with van der Waals surface area (Å²) in [6, 6.07) is 13.2. The number of aromatic nitrogens is 2. The van der Waals surface area contributed by atoms with E-state index in [0.717, 1.165) is 15.6 Å². The first-order valence-corrected chi connectivity index (χ1v) is 8.59. The summed E-state index contributed by atoms with van der Waals surface area (Å²) >= 11 is 3.51. The summed E-state index contributed by atoms with van der Waals surface area (Å²) in [5, 5.41) is 13.4. The molecule has 0 aliphatic carbocycles. The van der Waals surface area contributed by atoms with Crippen LogP contribution in [-0.4, -0.2) is 16.2 Å². The number of hydrogen-bond donors (Lipinski definition) is 0. The highest BCUT2D eigenvalue weighted by Crippen LogP contribution is 2.30. The van der Waals surface area contributed by atoms with Crippen LogP contribution in [0.25, 0.3) is 22.8 Å². The Balaban J connectivity index is 1.98. The number of nitrogens with zero attached hydrogens (tertiary/aromatic N) is 3. The third kappa shape index (κ3) is 3.57. The maximum Gasteiger partial charge on any atom is 0.258 e. The minimum atomic E-state index is -0.00698. The van der Waals surface area contributed by atoms with Crippen molar-refractivity contribution in [3.63, 3.8) is 0 Å². The van der Waals surface area contributed by atoms with Crippen molar-refractivity contribution < 1.29 is 9.26 Å². The first-order chi connectivity index (χ1) is 12.0. The van der Waals surface area contributed by atoms with Gasteiger partial charge in [-0.2, -0.15) is 10.2 Å². The van der Waals surface area contributed by atoms with Crippen molar-refractivity contribution >= 4 is 15.9 Å². The highest BCUT2D eigenvalue weighted by molar-refractivity contribution is 9.10. The zero-order chi connectivity index (χ0) is 18.0. The van der Waals surface area contributed by atoms with E-state index in [1.54, 1.807) is 12.1 Å². The molecule has 0 saturated carbocycles. The van der Waals surface area contributed by atoms with Gasteiger partial charge in [0.25, 0.3) is 5.89 Å². The van der Waals surface area contributed by atoms with E-state index in [1.165, 1.54) is 0 Å². The standard InChI is InChI=1S/C19H16BrN3O2/c1-11(2)24-17-8-7-13(9-14(17)10-21)19-22-18(23-25-19)15-5-4-6-16(20)12(15)3/h4-9,11H,1-3H3. The molecule has 0 aliphatic heterocycles. The summed E-state index contributed by atoms with van der Waals surface area (Å²) in [5.41, 5.74) is 3.04. The molecule has 0 fully saturated rings. The van der Waals surface area contributed by atoms with Crippen LogP contribution in [0.3, 0.4) is 0 Å². The van der Waals surface area contributed by atoms with Crippen molar-refractivity contribution in [1.29, 1.82) is 5.26 Å². The van der Waals surface area contributed by atoms with E-state index in [9.17, 15) is 5.26 Å². The van der Waals surface area contributed by atoms with E-state index < -0.39 is 0 Å². The maximum atomic E-state index is 9.35. The van der Waals surface area contributed by atoms with E-state index in [1.807, 2.05) is 45.0 Å². The minimum absolute atomic E-state index is 0.00698. The molecule has 0 amide bonds. The number of ether oxygens (including phenoxy) is 1. The van der Waals surface area contributed by atoms with Gasteiger partial charge in [-0.15, -0.1) is 0 Å². The molecule has 126 valence electrons. The zero-order valence-corrected chi connectivity index (χ0v) is 15.7. The molecule has 6 heteroatoms. The Kier molecular flexibility index (Phi) is 4.86. The average Bonchev–Trinajstić information content (AvgIpc) is 3.07. The second kappa shape index (κ2) is 7.08. The normalized spacial score (nSPS) is 10.7. The van der Waals surface area contributed by atoms with Gasteiger partial charge in [-0.05, 0) is 50.6 Å². The van der Waals surface area contributed by atoms with Crippen LogP contribution < -0.4 is 4.74 Å². The number of benzene rings is 2. The van der Waals surface area contributed by atoms with Gasteiger partial charge >= 0.3 is 0 Å². The molecule has 2 aromatic carbocycles. The first kappa shape index (κ1) is 17.2. The number of rotatable bonds is 4. The second-order valence-corrected chi connectivity index (χ2v) is 6.68. The highest BCUT2D eigenvalue weighted by Gasteiger charge is 2.15. The van der Waals surface area contributed by atoms with Gasteiger partial charge in [0, 0.05) is 15.6 Å². The maximum absolute atomic E-state index is 9.35. The van der Waals surface area contributed by atoms with E-state index in [-0.39, 0.29) is 6.10 Å². The molecule has 0 radical (unpaired) electrons. The molecular formula is C19H16BrN3O2. The van der Waals surface area contributed by atoms with Gasteiger partial charge in [-0.25, -0.2) is 0 Å². The van der Waals surface area contributed by atoms with Crippen LogP contribution in [0.1, 0.15) is 25.0 Å². The molecule has 0 aliphatic rings. The summed E-state index contributed by atoms with van der Waals surface area (Å²) in [6.45, 7) is 5.82. The van der Waals surface area contributed by atoms with Gasteiger partial charge in [-0.1, -0.05) is 33.2 Å². The zero-order valence-electron chi connectivity index (χ0n) is 14.1. The van der Waals surface area contributed by atoms with Gasteiger partial charge in [-0.3, -0.25) is 0 Å². The Morgan fingerprint density at radius 1 is 1.24 bits per heavy atom. The molecule has 3 rings (SSSR count). The first-order valence-electron chi connectivity index (χ1n) is 7.80. The lowest BCUT2D eigenvalue weighted by Crippen LogP contribution is -2.06. The lowest BCUT2D eigenvalue weighted by Gasteiger charge is -2.11. The van der Waals surface area contributed by atoms with Gasteiger partial charge < -0.3 is 9.26 Å². The molecular weight excluding hydrogens is 382 g/mol. The molecule has 1 heterocycles. The van der Waals surface area contributed by atoms with Crippen LogP contribution in [0, 0.1) is 18.3 Å². The number of nitriles is 1. The number of halogens is 1. The molecule has 0 unspecified atom stereocenters. The Hall–Kier alpha value is -2.65. The van der Waals surface area contributed by atoms with Crippen molar-refractivity contribution in [2.75, 3.05) is 0 Å². The fourth-order valence-electron chi connectivity index (χ4n) is 2.41. The van der Waals surface area contributed by atoms with E-state index in [2.05, 4.69) is 32.1 Å². The average molecular weight is 398 g/mol. The molecule has 3 aromatic rings. The van der Waals surface area contributed by atoms with Crippen molar-refractivity contribution in [2.45, 2.75) is 26.9 Å². The molecule has 5 nitrogen and oxygen atoms in total. The molecule has 25 heavy (non-hydrogen) atoms. The largest absolute Gasteiger partial charge is 0.490 e.